The molecule has 28 heavy (non-hydrogen) atoms. The molecule has 0 aliphatic rings. The van der Waals surface area contributed by atoms with Crippen LogP contribution in [0.3, 0.4) is 0 Å². The van der Waals surface area contributed by atoms with Crippen LogP contribution in [-0.2, 0) is 5.75 Å². The highest BCUT2D eigenvalue weighted by molar-refractivity contribution is 7.98. The van der Waals surface area contributed by atoms with Crippen molar-refractivity contribution in [3.05, 3.63) is 80.4 Å². The average Bonchev–Trinajstić information content (AvgIpc) is 3.11. The van der Waals surface area contributed by atoms with E-state index in [-0.39, 0.29) is 5.56 Å². The summed E-state index contributed by atoms with van der Waals surface area (Å²) in [6.07, 6.45) is 0. The molecule has 6 heteroatoms. The zero-order chi connectivity index (χ0) is 19.7. The second-order valence-corrected chi connectivity index (χ2v) is 9.15. The van der Waals surface area contributed by atoms with Crippen LogP contribution in [0.2, 0.25) is 5.02 Å². The molecule has 0 bridgehead atoms. The van der Waals surface area contributed by atoms with Gasteiger partial charge < -0.3 is 4.98 Å². The second kappa shape index (κ2) is 8.11. The third-order valence-electron chi connectivity index (χ3n) is 4.58. The Bertz CT molecular complexity index is 1180. The second-order valence-electron chi connectivity index (χ2n) is 6.90. The van der Waals surface area contributed by atoms with Crippen molar-refractivity contribution in [1.82, 2.24) is 9.97 Å². The Morgan fingerprint density at radius 2 is 1.96 bits per heavy atom. The van der Waals surface area contributed by atoms with Gasteiger partial charge in [0.1, 0.15) is 4.83 Å². The van der Waals surface area contributed by atoms with Gasteiger partial charge in [-0.05, 0) is 34.7 Å². The summed E-state index contributed by atoms with van der Waals surface area (Å²) in [5, 5.41) is 4.01. The quantitative estimate of drug-likeness (QED) is 0.284. The molecule has 2 aromatic carbocycles. The number of nitrogens with zero attached hydrogens (tertiary/aromatic N) is 1. The maximum absolute atomic E-state index is 12.8. The van der Waals surface area contributed by atoms with Gasteiger partial charge in [-0.3, -0.25) is 4.79 Å². The van der Waals surface area contributed by atoms with Crippen molar-refractivity contribution in [2.45, 2.75) is 30.7 Å². The van der Waals surface area contributed by atoms with Gasteiger partial charge >= 0.3 is 0 Å². The minimum absolute atomic E-state index is 0.0946. The third-order valence-corrected chi connectivity index (χ3v) is 6.63. The summed E-state index contributed by atoms with van der Waals surface area (Å²) in [6.45, 7) is 4.35. The molecule has 3 nitrogen and oxygen atoms in total. The predicted octanol–water partition coefficient (Wildman–Crippen LogP) is 6.72. The number of aromatic nitrogens is 2. The Morgan fingerprint density at radius 3 is 2.68 bits per heavy atom. The molecule has 0 unspecified atom stereocenters. The fourth-order valence-electron chi connectivity index (χ4n) is 3.04. The standard InChI is InChI=1S/C22H19ClN2OS2/c1-13(2)15-6-8-16(9-7-15)18-12-27-21-19(18)20(26)24-22(25-21)28-11-14-4-3-5-17(23)10-14/h3-10,12-13H,11H2,1-2H3,(H,24,25,26). The number of thioether (sulfide) groups is 1. The first-order valence-corrected chi connectivity index (χ1v) is 11.2. The molecule has 0 radical (unpaired) electrons. The van der Waals surface area contributed by atoms with E-state index in [1.54, 1.807) is 0 Å². The summed E-state index contributed by atoms with van der Waals surface area (Å²) in [5.74, 6) is 1.18. The van der Waals surface area contributed by atoms with Crippen LogP contribution >= 0.6 is 34.7 Å². The molecule has 0 spiro atoms. The van der Waals surface area contributed by atoms with E-state index in [0.29, 0.717) is 27.2 Å². The zero-order valence-electron chi connectivity index (χ0n) is 15.5. The van der Waals surface area contributed by atoms with E-state index in [0.717, 1.165) is 21.5 Å². The van der Waals surface area contributed by atoms with Crippen molar-refractivity contribution in [2.75, 3.05) is 0 Å². The van der Waals surface area contributed by atoms with Gasteiger partial charge in [-0.25, -0.2) is 4.98 Å². The lowest BCUT2D eigenvalue weighted by atomic mass is 9.99. The maximum atomic E-state index is 12.8. The molecule has 0 aliphatic carbocycles. The zero-order valence-corrected chi connectivity index (χ0v) is 17.9. The molecule has 1 N–H and O–H groups in total. The molecule has 0 saturated heterocycles. The molecule has 2 heterocycles. The molecule has 0 fully saturated rings. The first kappa shape index (κ1) is 19.2. The number of nitrogens with one attached hydrogen (secondary N) is 1. The van der Waals surface area contributed by atoms with Crippen molar-refractivity contribution in [3.8, 4) is 11.1 Å². The van der Waals surface area contributed by atoms with E-state index in [1.807, 2.05) is 29.6 Å². The van der Waals surface area contributed by atoms with Crippen molar-refractivity contribution in [1.29, 1.82) is 0 Å². The van der Waals surface area contributed by atoms with Crippen LogP contribution in [0, 0.1) is 0 Å². The van der Waals surface area contributed by atoms with Crippen molar-refractivity contribution in [2.24, 2.45) is 0 Å². The molecular formula is C22H19ClN2OS2. The summed E-state index contributed by atoms with van der Waals surface area (Å²) in [5.41, 5.74) is 4.27. The number of thiophene rings is 1. The Balaban J connectivity index is 1.63. The monoisotopic (exact) mass is 426 g/mol. The molecular weight excluding hydrogens is 408 g/mol. The lowest BCUT2D eigenvalue weighted by Gasteiger charge is -2.06. The number of hydrogen-bond donors (Lipinski definition) is 1. The number of benzene rings is 2. The van der Waals surface area contributed by atoms with Crippen LogP contribution in [0.25, 0.3) is 21.3 Å². The SMILES string of the molecule is CC(C)c1ccc(-c2csc3nc(SCc4cccc(Cl)c4)[nH]c(=O)c23)cc1. The van der Waals surface area contributed by atoms with Crippen LogP contribution in [0.4, 0.5) is 0 Å². The van der Waals surface area contributed by atoms with E-state index < -0.39 is 0 Å². The molecule has 0 amide bonds. The van der Waals surface area contributed by atoms with Gasteiger partial charge in [0, 0.05) is 21.7 Å². The average molecular weight is 427 g/mol. The van der Waals surface area contributed by atoms with Gasteiger partial charge in [-0.2, -0.15) is 0 Å². The lowest BCUT2D eigenvalue weighted by Crippen LogP contribution is -2.08. The minimum atomic E-state index is -0.0946. The number of halogens is 1. The highest BCUT2D eigenvalue weighted by Gasteiger charge is 2.13. The number of fused-ring (bicyclic) bond motifs is 1. The normalized spacial score (nSPS) is 11.4. The summed E-state index contributed by atoms with van der Waals surface area (Å²) < 4.78 is 0. The van der Waals surface area contributed by atoms with E-state index in [2.05, 4.69) is 48.1 Å². The Morgan fingerprint density at radius 1 is 1.18 bits per heavy atom. The van der Waals surface area contributed by atoms with E-state index in [1.165, 1.54) is 28.7 Å². The van der Waals surface area contributed by atoms with Crippen LogP contribution < -0.4 is 5.56 Å². The van der Waals surface area contributed by atoms with Gasteiger partial charge in [-0.1, -0.05) is 73.6 Å². The minimum Gasteiger partial charge on any atom is -0.301 e. The molecule has 2 aromatic heterocycles. The number of rotatable bonds is 5. The van der Waals surface area contributed by atoms with Gasteiger partial charge in [0.2, 0.25) is 0 Å². The van der Waals surface area contributed by atoms with Gasteiger partial charge in [0.15, 0.2) is 5.16 Å². The molecule has 4 aromatic rings. The fourth-order valence-corrected chi connectivity index (χ4v) is 5.06. The summed E-state index contributed by atoms with van der Waals surface area (Å²) in [6, 6.07) is 16.1. The fraction of sp³-hybridized carbons (Fsp3) is 0.182. The highest BCUT2D eigenvalue weighted by atomic mass is 35.5. The summed E-state index contributed by atoms with van der Waals surface area (Å²) in [4.78, 5) is 21.1. The van der Waals surface area contributed by atoms with Crippen molar-refractivity contribution in [3.63, 3.8) is 0 Å². The number of aromatic amines is 1. The first-order valence-electron chi connectivity index (χ1n) is 9.00. The first-order chi connectivity index (χ1) is 13.5. The molecule has 0 saturated carbocycles. The molecule has 0 aliphatic heterocycles. The predicted molar refractivity (Wildman–Crippen MR) is 121 cm³/mol. The molecule has 4 rings (SSSR count). The van der Waals surface area contributed by atoms with Crippen LogP contribution in [-0.4, -0.2) is 9.97 Å². The Labute approximate surface area is 176 Å². The maximum Gasteiger partial charge on any atom is 0.260 e. The highest BCUT2D eigenvalue weighted by Crippen LogP contribution is 2.32. The molecule has 0 atom stereocenters. The third kappa shape index (κ3) is 4.02. The van der Waals surface area contributed by atoms with Gasteiger partial charge in [-0.15, -0.1) is 11.3 Å². The summed E-state index contributed by atoms with van der Waals surface area (Å²) in [7, 11) is 0. The number of H-pyrrole nitrogens is 1. The largest absolute Gasteiger partial charge is 0.301 e. The summed E-state index contributed by atoms with van der Waals surface area (Å²) >= 11 is 9.05. The topological polar surface area (TPSA) is 45.8 Å². The van der Waals surface area contributed by atoms with Crippen molar-refractivity contribution < 1.29 is 0 Å². The number of hydrogen-bond acceptors (Lipinski definition) is 4. The van der Waals surface area contributed by atoms with Crippen LogP contribution in [0.1, 0.15) is 30.9 Å². The van der Waals surface area contributed by atoms with E-state index in [4.69, 9.17) is 11.6 Å². The smallest absolute Gasteiger partial charge is 0.260 e. The van der Waals surface area contributed by atoms with Crippen LogP contribution in [0.15, 0.2) is 63.9 Å². The van der Waals surface area contributed by atoms with E-state index in [9.17, 15) is 4.79 Å². The Hall–Kier alpha value is -2.08. The van der Waals surface area contributed by atoms with Gasteiger partial charge in [0.05, 0.1) is 5.39 Å². The molecule has 142 valence electrons. The van der Waals surface area contributed by atoms with Gasteiger partial charge in [0.25, 0.3) is 5.56 Å². The van der Waals surface area contributed by atoms with Crippen molar-refractivity contribution >= 4 is 44.9 Å². The van der Waals surface area contributed by atoms with E-state index >= 15 is 0 Å². The Kier molecular flexibility index (Phi) is 5.58. The van der Waals surface area contributed by atoms with Crippen LogP contribution in [0.5, 0.6) is 0 Å². The lowest BCUT2D eigenvalue weighted by molar-refractivity contribution is 0.867.